The van der Waals surface area contributed by atoms with Gasteiger partial charge >= 0.3 is 0 Å². The lowest BCUT2D eigenvalue weighted by molar-refractivity contribution is -0.113. The standard InChI is InChI=1S/C9H19NO/c1-7-8(2)11-6-9(3,4)10(7)5/h7-8H,6H2,1-5H3. The van der Waals surface area contributed by atoms with Gasteiger partial charge in [0.05, 0.1) is 12.7 Å². The van der Waals surface area contributed by atoms with Gasteiger partial charge in [-0.15, -0.1) is 0 Å². The Labute approximate surface area is 69.5 Å². The summed E-state index contributed by atoms with van der Waals surface area (Å²) in [5.74, 6) is 0. The van der Waals surface area contributed by atoms with Gasteiger partial charge in [-0.1, -0.05) is 0 Å². The first-order chi connectivity index (χ1) is 4.95. The molecule has 2 nitrogen and oxygen atoms in total. The van der Waals surface area contributed by atoms with Gasteiger partial charge in [-0.25, -0.2) is 0 Å². The molecule has 1 aliphatic heterocycles. The molecule has 0 amide bonds. The molecule has 11 heavy (non-hydrogen) atoms. The first-order valence-electron chi connectivity index (χ1n) is 4.29. The van der Waals surface area contributed by atoms with E-state index < -0.39 is 0 Å². The summed E-state index contributed by atoms with van der Waals surface area (Å²) in [6, 6.07) is 0.527. The summed E-state index contributed by atoms with van der Waals surface area (Å²) in [6.45, 7) is 9.63. The number of nitrogens with zero attached hydrogens (tertiary/aromatic N) is 1. The van der Waals surface area contributed by atoms with Gasteiger partial charge in [-0.2, -0.15) is 0 Å². The Morgan fingerprint density at radius 1 is 1.36 bits per heavy atom. The lowest BCUT2D eigenvalue weighted by Gasteiger charge is -2.47. The van der Waals surface area contributed by atoms with Crippen LogP contribution >= 0.6 is 0 Å². The molecule has 66 valence electrons. The minimum atomic E-state index is 0.200. The van der Waals surface area contributed by atoms with Crippen LogP contribution < -0.4 is 0 Å². The number of rotatable bonds is 0. The molecule has 1 aliphatic rings. The van der Waals surface area contributed by atoms with E-state index in [0.29, 0.717) is 12.1 Å². The van der Waals surface area contributed by atoms with Crippen molar-refractivity contribution in [2.24, 2.45) is 0 Å². The Bertz CT molecular complexity index is 144. The van der Waals surface area contributed by atoms with E-state index in [1.54, 1.807) is 0 Å². The van der Waals surface area contributed by atoms with Crippen LogP contribution in [0, 0.1) is 0 Å². The van der Waals surface area contributed by atoms with Crippen LogP contribution in [0.5, 0.6) is 0 Å². The highest BCUT2D eigenvalue weighted by Crippen LogP contribution is 2.24. The average Bonchev–Trinajstić information content (AvgIpc) is 1.95. The van der Waals surface area contributed by atoms with Crippen molar-refractivity contribution in [3.8, 4) is 0 Å². The van der Waals surface area contributed by atoms with Gasteiger partial charge in [-0.3, -0.25) is 4.90 Å². The SMILES string of the molecule is CC1OCC(C)(C)N(C)C1C. The van der Waals surface area contributed by atoms with Gasteiger partial charge in [0.15, 0.2) is 0 Å². The Kier molecular flexibility index (Phi) is 2.26. The predicted octanol–water partition coefficient (Wildman–Crippen LogP) is 1.50. The van der Waals surface area contributed by atoms with Crippen LogP contribution in [-0.4, -0.2) is 36.2 Å². The second-order valence-electron chi connectivity index (χ2n) is 4.18. The fourth-order valence-corrected chi connectivity index (χ4v) is 1.44. The topological polar surface area (TPSA) is 12.5 Å². The maximum absolute atomic E-state index is 5.63. The maximum Gasteiger partial charge on any atom is 0.0700 e. The molecule has 0 radical (unpaired) electrons. The number of hydrogen-bond acceptors (Lipinski definition) is 2. The van der Waals surface area contributed by atoms with Crippen molar-refractivity contribution in [3.05, 3.63) is 0 Å². The summed E-state index contributed by atoms with van der Waals surface area (Å²) in [5.41, 5.74) is 0.200. The zero-order valence-electron chi connectivity index (χ0n) is 8.22. The van der Waals surface area contributed by atoms with Crippen molar-refractivity contribution in [3.63, 3.8) is 0 Å². The molecule has 0 aromatic carbocycles. The van der Waals surface area contributed by atoms with Crippen molar-refractivity contribution in [1.29, 1.82) is 0 Å². The van der Waals surface area contributed by atoms with E-state index in [-0.39, 0.29) is 5.54 Å². The third-order valence-corrected chi connectivity index (χ3v) is 2.94. The zero-order valence-corrected chi connectivity index (χ0v) is 8.22. The lowest BCUT2D eigenvalue weighted by Crippen LogP contribution is -2.58. The van der Waals surface area contributed by atoms with Crippen LogP contribution in [-0.2, 0) is 4.74 Å². The molecule has 0 aliphatic carbocycles. The van der Waals surface area contributed by atoms with Crippen molar-refractivity contribution >= 4 is 0 Å². The van der Waals surface area contributed by atoms with E-state index in [0.717, 1.165) is 6.61 Å². The normalized spacial score (nSPS) is 39.0. The molecular formula is C9H19NO. The van der Waals surface area contributed by atoms with E-state index in [1.807, 2.05) is 0 Å². The fourth-order valence-electron chi connectivity index (χ4n) is 1.44. The van der Waals surface area contributed by atoms with Gasteiger partial charge in [0.2, 0.25) is 0 Å². The highest BCUT2D eigenvalue weighted by molar-refractivity contribution is 4.89. The monoisotopic (exact) mass is 157 g/mol. The van der Waals surface area contributed by atoms with E-state index in [4.69, 9.17) is 4.74 Å². The smallest absolute Gasteiger partial charge is 0.0700 e. The molecule has 1 fully saturated rings. The van der Waals surface area contributed by atoms with Crippen LogP contribution in [0.4, 0.5) is 0 Å². The maximum atomic E-state index is 5.63. The highest BCUT2D eigenvalue weighted by atomic mass is 16.5. The molecule has 2 atom stereocenters. The van der Waals surface area contributed by atoms with Crippen LogP contribution in [0.3, 0.4) is 0 Å². The van der Waals surface area contributed by atoms with Crippen LogP contribution in [0.25, 0.3) is 0 Å². The second kappa shape index (κ2) is 2.76. The third kappa shape index (κ3) is 1.57. The molecule has 1 heterocycles. The van der Waals surface area contributed by atoms with Gasteiger partial charge in [0, 0.05) is 11.6 Å². The van der Waals surface area contributed by atoms with Crippen LogP contribution in [0.2, 0.25) is 0 Å². The molecule has 0 aromatic heterocycles. The predicted molar refractivity (Wildman–Crippen MR) is 46.7 cm³/mol. The number of hydrogen-bond donors (Lipinski definition) is 0. The van der Waals surface area contributed by atoms with Crippen molar-refractivity contribution in [1.82, 2.24) is 4.90 Å². The molecule has 2 unspecified atom stereocenters. The molecule has 0 spiro atoms. The lowest BCUT2D eigenvalue weighted by atomic mass is 9.98. The summed E-state index contributed by atoms with van der Waals surface area (Å²) in [4.78, 5) is 2.39. The Morgan fingerprint density at radius 3 is 2.36 bits per heavy atom. The van der Waals surface area contributed by atoms with E-state index in [9.17, 15) is 0 Å². The van der Waals surface area contributed by atoms with Crippen LogP contribution in [0.1, 0.15) is 27.7 Å². The quantitative estimate of drug-likeness (QED) is 0.528. The molecular weight excluding hydrogens is 138 g/mol. The fraction of sp³-hybridized carbons (Fsp3) is 1.00. The zero-order chi connectivity index (χ0) is 8.65. The van der Waals surface area contributed by atoms with Crippen molar-refractivity contribution < 1.29 is 4.74 Å². The summed E-state index contributed by atoms with van der Waals surface area (Å²) in [6.07, 6.45) is 0.369. The molecule has 0 aromatic rings. The van der Waals surface area contributed by atoms with E-state index in [2.05, 4.69) is 39.6 Å². The molecule has 2 heteroatoms. The molecule has 0 saturated carbocycles. The van der Waals surface area contributed by atoms with Gasteiger partial charge in [-0.05, 0) is 34.7 Å². The van der Waals surface area contributed by atoms with E-state index in [1.165, 1.54) is 0 Å². The summed E-state index contributed by atoms with van der Waals surface area (Å²) >= 11 is 0. The number of likely N-dealkylation sites (N-methyl/N-ethyl adjacent to an activating group) is 1. The summed E-state index contributed by atoms with van der Waals surface area (Å²) < 4.78 is 5.63. The first kappa shape index (κ1) is 9.01. The average molecular weight is 157 g/mol. The minimum Gasteiger partial charge on any atom is -0.375 e. The largest absolute Gasteiger partial charge is 0.375 e. The number of ether oxygens (including phenoxy) is 1. The molecule has 0 bridgehead atoms. The third-order valence-electron chi connectivity index (χ3n) is 2.94. The van der Waals surface area contributed by atoms with Gasteiger partial charge < -0.3 is 4.74 Å². The van der Waals surface area contributed by atoms with Crippen LogP contribution in [0.15, 0.2) is 0 Å². The minimum absolute atomic E-state index is 0.200. The summed E-state index contributed by atoms with van der Waals surface area (Å²) in [7, 11) is 2.17. The van der Waals surface area contributed by atoms with Crippen molar-refractivity contribution in [2.75, 3.05) is 13.7 Å². The Hall–Kier alpha value is -0.0800. The molecule has 0 N–H and O–H groups in total. The first-order valence-corrected chi connectivity index (χ1v) is 4.29. The molecule has 1 rings (SSSR count). The van der Waals surface area contributed by atoms with Gasteiger partial charge in [0.1, 0.15) is 0 Å². The van der Waals surface area contributed by atoms with Gasteiger partial charge in [0.25, 0.3) is 0 Å². The highest BCUT2D eigenvalue weighted by Gasteiger charge is 2.35. The Morgan fingerprint density at radius 2 is 1.91 bits per heavy atom. The Balaban J connectivity index is 2.67. The molecule has 1 saturated heterocycles. The van der Waals surface area contributed by atoms with E-state index >= 15 is 0 Å². The summed E-state index contributed by atoms with van der Waals surface area (Å²) in [5, 5.41) is 0. The van der Waals surface area contributed by atoms with Crippen molar-refractivity contribution in [2.45, 2.75) is 45.4 Å². The second-order valence-corrected chi connectivity index (χ2v) is 4.18. The number of morpholine rings is 1.